The van der Waals surface area contributed by atoms with Crippen molar-refractivity contribution in [2.45, 2.75) is 6.54 Å². The van der Waals surface area contributed by atoms with Crippen LogP contribution in [0.25, 0.3) is 0 Å². The summed E-state index contributed by atoms with van der Waals surface area (Å²) in [6.07, 6.45) is 5.19. The Morgan fingerprint density at radius 1 is 1.36 bits per heavy atom. The molecular weight excluding hydrogens is 181 g/mol. The van der Waals surface area contributed by atoms with E-state index in [9.17, 15) is 4.39 Å². The quantitative estimate of drug-likeness (QED) is 0.733. The lowest BCUT2D eigenvalue weighted by molar-refractivity contribution is 0.624. The number of rotatable bonds is 2. The molecule has 72 valence electrons. The molecule has 0 atom stereocenters. The zero-order valence-corrected chi connectivity index (χ0v) is 7.52. The molecule has 0 aliphatic carbocycles. The van der Waals surface area contributed by atoms with Crippen LogP contribution < -0.4 is 5.73 Å². The number of imidazole rings is 1. The molecule has 3 nitrogen and oxygen atoms in total. The fourth-order valence-corrected chi connectivity index (χ4v) is 1.36. The van der Waals surface area contributed by atoms with Crippen LogP contribution in [0.4, 0.5) is 10.1 Å². The van der Waals surface area contributed by atoms with E-state index in [1.165, 1.54) is 12.1 Å². The van der Waals surface area contributed by atoms with Crippen molar-refractivity contribution in [2.24, 2.45) is 0 Å². The molecule has 0 spiro atoms. The molecule has 0 saturated heterocycles. The highest BCUT2D eigenvalue weighted by Gasteiger charge is 1.99. The van der Waals surface area contributed by atoms with Crippen molar-refractivity contribution in [3.8, 4) is 0 Å². The molecule has 1 aromatic carbocycles. The van der Waals surface area contributed by atoms with Crippen LogP contribution in [-0.2, 0) is 6.54 Å². The Bertz CT molecular complexity index is 403. The van der Waals surface area contributed by atoms with Gasteiger partial charge < -0.3 is 10.3 Å². The van der Waals surface area contributed by atoms with Gasteiger partial charge in [0.25, 0.3) is 0 Å². The van der Waals surface area contributed by atoms with Crippen molar-refractivity contribution in [3.05, 3.63) is 48.3 Å². The normalized spacial score (nSPS) is 10.4. The largest absolute Gasteiger partial charge is 0.399 e. The fourth-order valence-electron chi connectivity index (χ4n) is 1.36. The molecule has 2 rings (SSSR count). The minimum Gasteiger partial charge on any atom is -0.399 e. The van der Waals surface area contributed by atoms with Crippen molar-refractivity contribution in [1.29, 1.82) is 0 Å². The first-order chi connectivity index (χ1) is 6.74. The summed E-state index contributed by atoms with van der Waals surface area (Å²) in [6, 6.07) is 4.52. The molecule has 0 saturated carbocycles. The topological polar surface area (TPSA) is 43.8 Å². The number of aromatic nitrogens is 2. The molecule has 0 fully saturated rings. The van der Waals surface area contributed by atoms with Crippen LogP contribution in [0.2, 0.25) is 0 Å². The molecule has 0 aliphatic heterocycles. The van der Waals surface area contributed by atoms with Gasteiger partial charge in [-0.15, -0.1) is 0 Å². The molecule has 0 unspecified atom stereocenters. The van der Waals surface area contributed by atoms with Gasteiger partial charge in [-0.05, 0) is 23.8 Å². The summed E-state index contributed by atoms with van der Waals surface area (Å²) in [4.78, 5) is 3.90. The van der Waals surface area contributed by atoms with Gasteiger partial charge in [0.15, 0.2) is 0 Å². The molecule has 0 radical (unpaired) electrons. The van der Waals surface area contributed by atoms with Crippen molar-refractivity contribution < 1.29 is 4.39 Å². The lowest BCUT2D eigenvalue weighted by Gasteiger charge is -2.03. The predicted molar refractivity (Wildman–Crippen MR) is 52.1 cm³/mol. The van der Waals surface area contributed by atoms with Gasteiger partial charge >= 0.3 is 0 Å². The number of halogens is 1. The second-order valence-electron chi connectivity index (χ2n) is 3.13. The van der Waals surface area contributed by atoms with Gasteiger partial charge in [-0.1, -0.05) is 0 Å². The molecule has 0 aliphatic rings. The second-order valence-corrected chi connectivity index (χ2v) is 3.13. The van der Waals surface area contributed by atoms with Gasteiger partial charge in [-0.2, -0.15) is 0 Å². The van der Waals surface area contributed by atoms with Crippen LogP contribution in [0.3, 0.4) is 0 Å². The number of benzene rings is 1. The number of nitrogens with two attached hydrogens (primary N) is 1. The number of hydrogen-bond donors (Lipinski definition) is 1. The first-order valence-electron chi connectivity index (χ1n) is 4.25. The van der Waals surface area contributed by atoms with E-state index in [4.69, 9.17) is 5.73 Å². The fraction of sp³-hybridized carbons (Fsp3) is 0.100. The Labute approximate surface area is 81.0 Å². The van der Waals surface area contributed by atoms with E-state index in [1.807, 2.05) is 10.8 Å². The number of anilines is 1. The third kappa shape index (κ3) is 1.90. The SMILES string of the molecule is Nc1cc(F)cc(Cn2ccnc2)c1. The number of hydrogen-bond acceptors (Lipinski definition) is 2. The van der Waals surface area contributed by atoms with Crippen molar-refractivity contribution in [1.82, 2.24) is 9.55 Å². The van der Waals surface area contributed by atoms with E-state index in [-0.39, 0.29) is 5.82 Å². The number of nitrogens with zero attached hydrogens (tertiary/aromatic N) is 2. The van der Waals surface area contributed by atoms with Gasteiger partial charge in [0.1, 0.15) is 5.82 Å². The first-order valence-corrected chi connectivity index (χ1v) is 4.25. The maximum atomic E-state index is 13.0. The highest BCUT2D eigenvalue weighted by Crippen LogP contribution is 2.11. The third-order valence-electron chi connectivity index (χ3n) is 1.90. The lowest BCUT2D eigenvalue weighted by Crippen LogP contribution is -1.98. The summed E-state index contributed by atoms with van der Waals surface area (Å²) in [7, 11) is 0. The van der Waals surface area contributed by atoms with E-state index < -0.39 is 0 Å². The van der Waals surface area contributed by atoms with Crippen LogP contribution in [0.5, 0.6) is 0 Å². The van der Waals surface area contributed by atoms with Crippen molar-refractivity contribution in [3.63, 3.8) is 0 Å². The number of nitrogen functional groups attached to an aromatic ring is 1. The molecule has 0 amide bonds. The van der Waals surface area contributed by atoms with E-state index in [0.29, 0.717) is 12.2 Å². The minimum atomic E-state index is -0.305. The minimum absolute atomic E-state index is 0.305. The average Bonchev–Trinajstić information content (AvgIpc) is 2.54. The van der Waals surface area contributed by atoms with Gasteiger partial charge in [-0.3, -0.25) is 0 Å². The monoisotopic (exact) mass is 191 g/mol. The van der Waals surface area contributed by atoms with E-state index in [0.717, 1.165) is 5.56 Å². The van der Waals surface area contributed by atoms with E-state index in [2.05, 4.69) is 4.98 Å². The third-order valence-corrected chi connectivity index (χ3v) is 1.90. The Hall–Kier alpha value is -1.84. The highest BCUT2D eigenvalue weighted by molar-refractivity contribution is 5.41. The Balaban J connectivity index is 2.25. The van der Waals surface area contributed by atoms with Gasteiger partial charge in [0, 0.05) is 24.6 Å². The highest BCUT2D eigenvalue weighted by atomic mass is 19.1. The van der Waals surface area contributed by atoms with Crippen LogP contribution in [0.15, 0.2) is 36.9 Å². The van der Waals surface area contributed by atoms with Crippen LogP contribution in [0.1, 0.15) is 5.56 Å². The summed E-state index contributed by atoms with van der Waals surface area (Å²) in [6.45, 7) is 0.585. The maximum absolute atomic E-state index is 13.0. The Kier molecular flexibility index (Phi) is 2.18. The van der Waals surface area contributed by atoms with Gasteiger partial charge in [0.2, 0.25) is 0 Å². The maximum Gasteiger partial charge on any atom is 0.125 e. The Morgan fingerprint density at radius 3 is 2.86 bits per heavy atom. The zero-order chi connectivity index (χ0) is 9.97. The molecule has 0 bridgehead atoms. The molecule has 1 heterocycles. The zero-order valence-electron chi connectivity index (χ0n) is 7.52. The van der Waals surface area contributed by atoms with Gasteiger partial charge in [-0.25, -0.2) is 9.37 Å². The molecule has 2 aromatic rings. The summed E-state index contributed by atoms with van der Waals surface area (Å²) in [5, 5.41) is 0. The van der Waals surface area contributed by atoms with Crippen LogP contribution in [0, 0.1) is 5.82 Å². The smallest absolute Gasteiger partial charge is 0.125 e. The predicted octanol–water partition coefficient (Wildman–Crippen LogP) is 1.65. The first kappa shape index (κ1) is 8.74. The molecule has 2 N–H and O–H groups in total. The second kappa shape index (κ2) is 3.49. The molecule has 1 aromatic heterocycles. The van der Waals surface area contributed by atoms with Gasteiger partial charge in [0.05, 0.1) is 6.33 Å². The summed E-state index contributed by atoms with van der Waals surface area (Å²) < 4.78 is 14.8. The van der Waals surface area contributed by atoms with E-state index >= 15 is 0 Å². The molecule has 14 heavy (non-hydrogen) atoms. The Morgan fingerprint density at radius 2 is 2.21 bits per heavy atom. The molecular formula is C10H10FN3. The van der Waals surface area contributed by atoms with Crippen molar-refractivity contribution in [2.75, 3.05) is 5.73 Å². The standard InChI is InChI=1S/C10H10FN3/c11-9-3-8(4-10(12)5-9)6-14-2-1-13-7-14/h1-5,7H,6,12H2. The average molecular weight is 191 g/mol. The summed E-state index contributed by atoms with van der Waals surface area (Å²) >= 11 is 0. The summed E-state index contributed by atoms with van der Waals surface area (Å²) in [5.41, 5.74) is 6.80. The molecule has 4 heteroatoms. The van der Waals surface area contributed by atoms with Crippen LogP contribution >= 0.6 is 0 Å². The van der Waals surface area contributed by atoms with Crippen LogP contribution in [-0.4, -0.2) is 9.55 Å². The summed E-state index contributed by atoms with van der Waals surface area (Å²) in [5.74, 6) is -0.305. The lowest BCUT2D eigenvalue weighted by atomic mass is 10.2. The van der Waals surface area contributed by atoms with E-state index in [1.54, 1.807) is 18.6 Å². The van der Waals surface area contributed by atoms with Crippen molar-refractivity contribution >= 4 is 5.69 Å².